The second kappa shape index (κ2) is 8.55. The van der Waals surface area contributed by atoms with Gasteiger partial charge in [-0.15, -0.1) is 5.10 Å². The molecule has 32 heavy (non-hydrogen) atoms. The number of nitrogens with zero attached hydrogens (tertiary/aromatic N) is 3. The zero-order valence-corrected chi connectivity index (χ0v) is 17.6. The number of methoxy groups -OCH3 is 1. The largest absolute Gasteiger partial charge is 0.496 e. The van der Waals surface area contributed by atoms with E-state index in [4.69, 9.17) is 4.74 Å². The molecule has 0 bridgehead atoms. The van der Waals surface area contributed by atoms with Gasteiger partial charge in [0.05, 0.1) is 24.8 Å². The number of carbonyl (C=O) groups is 1. The number of para-hydroxylation sites is 1. The fourth-order valence-corrected chi connectivity index (χ4v) is 4.09. The van der Waals surface area contributed by atoms with Crippen molar-refractivity contribution in [2.75, 3.05) is 17.7 Å². The van der Waals surface area contributed by atoms with E-state index in [-0.39, 0.29) is 23.9 Å². The van der Waals surface area contributed by atoms with E-state index in [0.717, 1.165) is 12.0 Å². The van der Waals surface area contributed by atoms with Crippen LogP contribution in [0.4, 0.5) is 11.9 Å². The zero-order valence-electron chi connectivity index (χ0n) is 17.6. The van der Waals surface area contributed by atoms with Gasteiger partial charge in [0, 0.05) is 0 Å². The van der Waals surface area contributed by atoms with Gasteiger partial charge in [-0.2, -0.15) is 4.98 Å². The van der Waals surface area contributed by atoms with E-state index in [2.05, 4.69) is 45.0 Å². The minimum atomic E-state index is -0.318. The Bertz CT molecular complexity index is 1220. The number of hydrogen-bond donors (Lipinski definition) is 2. The molecule has 1 amide bonds. The van der Waals surface area contributed by atoms with Gasteiger partial charge in [0.15, 0.2) is 0 Å². The Balaban J connectivity index is 1.48. The molecule has 0 aliphatic carbocycles. The number of carbonyl (C=O) groups excluding carboxylic acids is 1. The van der Waals surface area contributed by atoms with Crippen molar-refractivity contribution in [2.45, 2.75) is 18.5 Å². The van der Waals surface area contributed by atoms with E-state index < -0.39 is 0 Å². The Hall–Kier alpha value is -4.13. The summed E-state index contributed by atoms with van der Waals surface area (Å²) in [4.78, 5) is 17.4. The number of anilines is 2. The first kappa shape index (κ1) is 19.8. The molecular formula is C25H23N5O2. The normalized spacial score (nSPS) is 17.2. The van der Waals surface area contributed by atoms with E-state index in [1.165, 1.54) is 12.7 Å². The van der Waals surface area contributed by atoms with Gasteiger partial charge in [-0.25, -0.2) is 4.68 Å². The molecule has 3 aromatic carbocycles. The first-order valence-electron chi connectivity index (χ1n) is 10.5. The summed E-state index contributed by atoms with van der Waals surface area (Å²) in [7, 11) is 1.54. The average Bonchev–Trinajstić information content (AvgIpc) is 3.26. The zero-order chi connectivity index (χ0) is 21.9. The number of fused-ring (bicyclic) bond motifs is 1. The molecule has 1 aromatic heterocycles. The van der Waals surface area contributed by atoms with Crippen LogP contribution in [0.1, 0.15) is 40.0 Å². The predicted octanol–water partition coefficient (Wildman–Crippen LogP) is 4.69. The number of hydrogen-bond acceptors (Lipinski definition) is 5. The molecule has 0 saturated heterocycles. The van der Waals surface area contributed by atoms with Crippen LogP contribution in [0.5, 0.6) is 5.75 Å². The summed E-state index contributed by atoms with van der Waals surface area (Å²) in [6.07, 6.45) is 0.810. The quantitative estimate of drug-likeness (QED) is 0.485. The number of nitrogens with one attached hydrogen (secondary N) is 2. The first-order valence-corrected chi connectivity index (χ1v) is 10.5. The fourth-order valence-electron chi connectivity index (χ4n) is 4.09. The third kappa shape index (κ3) is 3.80. The van der Waals surface area contributed by atoms with Gasteiger partial charge in [0.25, 0.3) is 11.9 Å². The minimum Gasteiger partial charge on any atom is -0.496 e. The highest BCUT2D eigenvalue weighted by Crippen LogP contribution is 2.38. The van der Waals surface area contributed by atoms with Crippen molar-refractivity contribution in [3.8, 4) is 5.75 Å². The molecule has 2 N–H and O–H groups in total. The molecule has 4 aromatic rings. The van der Waals surface area contributed by atoms with Crippen LogP contribution in [-0.4, -0.2) is 27.8 Å². The lowest BCUT2D eigenvalue weighted by molar-refractivity contribution is 0.102. The molecule has 0 radical (unpaired) electrons. The average molecular weight is 425 g/mol. The highest BCUT2D eigenvalue weighted by Gasteiger charge is 2.31. The van der Waals surface area contributed by atoms with E-state index in [0.29, 0.717) is 17.3 Å². The van der Waals surface area contributed by atoms with Crippen molar-refractivity contribution in [2.24, 2.45) is 0 Å². The van der Waals surface area contributed by atoms with Crippen LogP contribution in [0, 0.1) is 0 Å². The van der Waals surface area contributed by atoms with Crippen LogP contribution >= 0.6 is 0 Å². The Morgan fingerprint density at radius 1 is 0.969 bits per heavy atom. The maximum Gasteiger partial charge on any atom is 0.261 e. The molecule has 0 unspecified atom stereocenters. The second-order valence-electron chi connectivity index (χ2n) is 7.63. The van der Waals surface area contributed by atoms with Crippen molar-refractivity contribution in [1.82, 2.24) is 14.8 Å². The lowest BCUT2D eigenvalue weighted by Crippen LogP contribution is -2.28. The first-order chi connectivity index (χ1) is 15.7. The highest BCUT2D eigenvalue weighted by molar-refractivity contribution is 6.05. The van der Waals surface area contributed by atoms with Crippen molar-refractivity contribution in [3.05, 3.63) is 102 Å². The smallest absolute Gasteiger partial charge is 0.261 e. The monoisotopic (exact) mass is 425 g/mol. The summed E-state index contributed by atoms with van der Waals surface area (Å²) in [6.45, 7) is 0. The SMILES string of the molecule is COc1ccccc1C(=O)Nc1nc2n(n1)[C@H](c1ccccc1)C[C@@H](c1ccccc1)N2. The standard InChI is InChI=1S/C25H23N5O2/c1-32-22-15-9-8-14-19(22)23(31)27-24-28-25-26-20(17-10-4-2-5-11-17)16-21(30(25)29-24)18-12-6-3-7-13-18/h2-15,20-21H,16H2,1H3,(H2,26,27,28,29,31)/t20-,21-/m0/s1. The van der Waals surface area contributed by atoms with Crippen LogP contribution in [0.2, 0.25) is 0 Å². The molecule has 7 heteroatoms. The Morgan fingerprint density at radius 2 is 1.62 bits per heavy atom. The van der Waals surface area contributed by atoms with E-state index in [1.54, 1.807) is 18.2 Å². The maximum absolute atomic E-state index is 12.8. The number of benzene rings is 3. The molecule has 7 nitrogen and oxygen atoms in total. The summed E-state index contributed by atoms with van der Waals surface area (Å²) < 4.78 is 7.16. The number of ether oxygens (including phenoxy) is 1. The second-order valence-corrected chi connectivity index (χ2v) is 7.63. The number of rotatable bonds is 5. The molecule has 1 aliphatic rings. The van der Waals surface area contributed by atoms with Crippen LogP contribution in [-0.2, 0) is 0 Å². The van der Waals surface area contributed by atoms with Crippen molar-refractivity contribution in [1.29, 1.82) is 0 Å². The third-order valence-electron chi connectivity index (χ3n) is 5.65. The molecule has 0 fully saturated rings. The van der Waals surface area contributed by atoms with Gasteiger partial charge in [-0.3, -0.25) is 10.1 Å². The third-order valence-corrected chi connectivity index (χ3v) is 5.65. The van der Waals surface area contributed by atoms with Crippen LogP contribution < -0.4 is 15.4 Å². The van der Waals surface area contributed by atoms with Crippen LogP contribution in [0.15, 0.2) is 84.9 Å². The Labute approximate surface area is 186 Å². The molecule has 2 heterocycles. The molecule has 2 atom stereocenters. The molecular weight excluding hydrogens is 402 g/mol. The molecule has 5 rings (SSSR count). The topological polar surface area (TPSA) is 81.1 Å². The maximum atomic E-state index is 12.8. The lowest BCUT2D eigenvalue weighted by Gasteiger charge is -2.31. The van der Waals surface area contributed by atoms with E-state index in [1.807, 2.05) is 47.1 Å². The van der Waals surface area contributed by atoms with Gasteiger partial charge in [0.1, 0.15) is 5.75 Å². The minimum absolute atomic E-state index is 0.0120. The van der Waals surface area contributed by atoms with Crippen molar-refractivity contribution >= 4 is 17.8 Å². The summed E-state index contributed by atoms with van der Waals surface area (Å²) in [5.74, 6) is 1.05. The summed E-state index contributed by atoms with van der Waals surface area (Å²) >= 11 is 0. The number of aromatic nitrogens is 3. The summed E-state index contributed by atoms with van der Waals surface area (Å²) in [5.41, 5.74) is 2.75. The summed E-state index contributed by atoms with van der Waals surface area (Å²) in [5, 5.41) is 10.9. The van der Waals surface area contributed by atoms with Crippen molar-refractivity contribution < 1.29 is 9.53 Å². The van der Waals surface area contributed by atoms with Crippen LogP contribution in [0.25, 0.3) is 0 Å². The molecule has 0 spiro atoms. The summed E-state index contributed by atoms with van der Waals surface area (Å²) in [6, 6.07) is 27.7. The fraction of sp³-hybridized carbons (Fsp3) is 0.160. The Morgan fingerprint density at radius 3 is 2.34 bits per heavy atom. The van der Waals surface area contributed by atoms with E-state index >= 15 is 0 Å². The Kier molecular flexibility index (Phi) is 5.29. The lowest BCUT2D eigenvalue weighted by atomic mass is 9.93. The van der Waals surface area contributed by atoms with Gasteiger partial charge in [-0.1, -0.05) is 72.8 Å². The van der Waals surface area contributed by atoms with Crippen molar-refractivity contribution in [3.63, 3.8) is 0 Å². The van der Waals surface area contributed by atoms with Gasteiger partial charge < -0.3 is 10.1 Å². The van der Waals surface area contributed by atoms with Gasteiger partial charge in [0.2, 0.25) is 5.95 Å². The molecule has 0 saturated carbocycles. The number of amides is 1. The van der Waals surface area contributed by atoms with Crippen LogP contribution in [0.3, 0.4) is 0 Å². The molecule has 160 valence electrons. The van der Waals surface area contributed by atoms with Gasteiger partial charge >= 0.3 is 0 Å². The van der Waals surface area contributed by atoms with E-state index in [9.17, 15) is 4.79 Å². The van der Waals surface area contributed by atoms with Gasteiger partial charge in [-0.05, 0) is 29.7 Å². The molecule has 1 aliphatic heterocycles. The highest BCUT2D eigenvalue weighted by atomic mass is 16.5. The predicted molar refractivity (Wildman–Crippen MR) is 123 cm³/mol.